The molecule has 2 atom stereocenters. The molecule has 1 rings (SSSR count). The Labute approximate surface area is 84.2 Å². The van der Waals surface area contributed by atoms with Gasteiger partial charge in [-0.05, 0) is 5.41 Å². The van der Waals surface area contributed by atoms with Crippen LogP contribution in [0.2, 0.25) is 0 Å². The van der Waals surface area contributed by atoms with Crippen LogP contribution in [0.15, 0.2) is 12.4 Å². The number of aliphatic hydroxyl groups excluding tert-OH is 2. The number of aryl methyl sites for hydroxylation is 1. The zero-order valence-electron chi connectivity index (χ0n) is 9.10. The van der Waals surface area contributed by atoms with E-state index in [0.29, 0.717) is 5.82 Å². The molecule has 2 N–H and O–H groups in total. The Hall–Kier alpha value is -0.870. The first-order chi connectivity index (χ1) is 6.34. The smallest absolute Gasteiger partial charge is 0.140 e. The van der Waals surface area contributed by atoms with Crippen LogP contribution in [0.5, 0.6) is 0 Å². The van der Waals surface area contributed by atoms with Crippen LogP contribution in [-0.2, 0) is 7.05 Å². The highest BCUT2D eigenvalue weighted by molar-refractivity contribution is 5.00. The Balaban J connectivity index is 2.86. The van der Waals surface area contributed by atoms with Crippen LogP contribution < -0.4 is 0 Å². The summed E-state index contributed by atoms with van der Waals surface area (Å²) in [6.07, 6.45) is 1.60. The molecule has 4 heteroatoms. The van der Waals surface area contributed by atoms with Crippen molar-refractivity contribution in [3.05, 3.63) is 18.2 Å². The van der Waals surface area contributed by atoms with Crippen LogP contribution in [0.25, 0.3) is 0 Å². The molecule has 0 saturated carbocycles. The number of nitrogens with zero attached hydrogens (tertiary/aromatic N) is 2. The van der Waals surface area contributed by atoms with E-state index in [1.807, 2.05) is 20.8 Å². The minimum absolute atomic E-state index is 0.356. The van der Waals surface area contributed by atoms with Crippen LogP contribution in [0.1, 0.15) is 32.7 Å². The summed E-state index contributed by atoms with van der Waals surface area (Å²) in [7, 11) is 1.79. The Morgan fingerprint density at radius 3 is 2.29 bits per heavy atom. The van der Waals surface area contributed by atoms with Crippen molar-refractivity contribution < 1.29 is 10.2 Å². The molecule has 1 aromatic heterocycles. The molecule has 0 fully saturated rings. The lowest BCUT2D eigenvalue weighted by Crippen LogP contribution is -2.33. The second kappa shape index (κ2) is 3.71. The number of aromatic nitrogens is 2. The highest BCUT2D eigenvalue weighted by Crippen LogP contribution is 2.28. The fourth-order valence-corrected chi connectivity index (χ4v) is 1.28. The summed E-state index contributed by atoms with van der Waals surface area (Å²) in [4.78, 5) is 4.00. The van der Waals surface area contributed by atoms with Gasteiger partial charge in [0.25, 0.3) is 0 Å². The standard InChI is InChI=1S/C10H18N2O2/c1-10(2,3)8(14)7(13)9-11-5-6-12(9)4/h5-8,13-14H,1-4H3. The van der Waals surface area contributed by atoms with Crippen molar-refractivity contribution in [3.63, 3.8) is 0 Å². The van der Waals surface area contributed by atoms with Gasteiger partial charge in [0.05, 0.1) is 6.10 Å². The maximum absolute atomic E-state index is 9.86. The lowest BCUT2D eigenvalue weighted by Gasteiger charge is -2.29. The van der Waals surface area contributed by atoms with Crippen LogP contribution in [0, 0.1) is 5.41 Å². The monoisotopic (exact) mass is 198 g/mol. The fourth-order valence-electron chi connectivity index (χ4n) is 1.28. The van der Waals surface area contributed by atoms with E-state index in [4.69, 9.17) is 0 Å². The number of aliphatic hydroxyl groups is 2. The molecule has 14 heavy (non-hydrogen) atoms. The Morgan fingerprint density at radius 1 is 1.36 bits per heavy atom. The number of hydrogen-bond donors (Lipinski definition) is 2. The molecule has 0 bridgehead atoms. The summed E-state index contributed by atoms with van der Waals surface area (Å²) in [6.45, 7) is 5.64. The number of imidazole rings is 1. The lowest BCUT2D eigenvalue weighted by atomic mass is 9.85. The van der Waals surface area contributed by atoms with Crippen molar-refractivity contribution in [2.24, 2.45) is 12.5 Å². The molecule has 0 aliphatic heterocycles. The SMILES string of the molecule is Cn1ccnc1C(O)C(O)C(C)(C)C. The Kier molecular flexibility index (Phi) is 2.97. The van der Waals surface area contributed by atoms with Gasteiger partial charge in [-0.15, -0.1) is 0 Å². The summed E-state index contributed by atoms with van der Waals surface area (Å²) in [5, 5.41) is 19.7. The van der Waals surface area contributed by atoms with Gasteiger partial charge in [0.1, 0.15) is 11.9 Å². The van der Waals surface area contributed by atoms with Crippen LogP contribution in [0.4, 0.5) is 0 Å². The zero-order valence-corrected chi connectivity index (χ0v) is 9.10. The quantitative estimate of drug-likeness (QED) is 0.741. The largest absolute Gasteiger partial charge is 0.389 e. The van der Waals surface area contributed by atoms with Crippen molar-refractivity contribution in [2.75, 3.05) is 0 Å². The van der Waals surface area contributed by atoms with E-state index in [1.54, 1.807) is 24.0 Å². The molecule has 0 spiro atoms. The summed E-state index contributed by atoms with van der Waals surface area (Å²) >= 11 is 0. The molecule has 1 heterocycles. The molecule has 0 aliphatic carbocycles. The molecule has 80 valence electrons. The molecule has 4 nitrogen and oxygen atoms in total. The molecule has 1 aromatic rings. The molecular formula is C10H18N2O2. The van der Waals surface area contributed by atoms with E-state index in [0.717, 1.165) is 0 Å². The van der Waals surface area contributed by atoms with Gasteiger partial charge in [-0.1, -0.05) is 20.8 Å². The lowest BCUT2D eigenvalue weighted by molar-refractivity contribution is -0.0507. The third-order valence-corrected chi connectivity index (χ3v) is 2.31. The third-order valence-electron chi connectivity index (χ3n) is 2.31. The first-order valence-electron chi connectivity index (χ1n) is 4.67. The maximum atomic E-state index is 9.86. The van der Waals surface area contributed by atoms with Crippen LogP contribution in [0.3, 0.4) is 0 Å². The van der Waals surface area contributed by atoms with Gasteiger partial charge >= 0.3 is 0 Å². The topological polar surface area (TPSA) is 58.3 Å². The first kappa shape index (κ1) is 11.2. The minimum atomic E-state index is -0.935. The summed E-state index contributed by atoms with van der Waals surface area (Å²) in [5.74, 6) is 0.493. The molecule has 0 saturated heterocycles. The second-order valence-electron chi connectivity index (χ2n) is 4.65. The molecular weight excluding hydrogens is 180 g/mol. The Morgan fingerprint density at radius 2 is 1.93 bits per heavy atom. The van der Waals surface area contributed by atoms with E-state index in [9.17, 15) is 10.2 Å². The van der Waals surface area contributed by atoms with Gasteiger partial charge in [-0.3, -0.25) is 0 Å². The van der Waals surface area contributed by atoms with Crippen molar-refractivity contribution in [3.8, 4) is 0 Å². The summed E-state index contributed by atoms with van der Waals surface area (Å²) in [5.41, 5.74) is -0.356. The van der Waals surface area contributed by atoms with E-state index < -0.39 is 12.2 Å². The Bertz CT molecular complexity index is 301. The van der Waals surface area contributed by atoms with E-state index in [2.05, 4.69) is 4.98 Å². The van der Waals surface area contributed by atoms with Gasteiger partial charge in [0.2, 0.25) is 0 Å². The van der Waals surface area contributed by atoms with Gasteiger partial charge < -0.3 is 14.8 Å². The van der Waals surface area contributed by atoms with Gasteiger partial charge in [-0.25, -0.2) is 4.98 Å². The molecule has 0 aromatic carbocycles. The van der Waals surface area contributed by atoms with Crippen LogP contribution in [-0.4, -0.2) is 25.9 Å². The number of rotatable bonds is 2. The fraction of sp³-hybridized carbons (Fsp3) is 0.700. The first-order valence-corrected chi connectivity index (χ1v) is 4.67. The predicted octanol–water partition coefficient (Wildman–Crippen LogP) is 0.861. The van der Waals surface area contributed by atoms with E-state index in [-0.39, 0.29) is 5.41 Å². The number of hydrogen-bond acceptors (Lipinski definition) is 3. The average Bonchev–Trinajstić information content (AvgIpc) is 2.47. The van der Waals surface area contributed by atoms with Gasteiger partial charge in [0.15, 0.2) is 0 Å². The van der Waals surface area contributed by atoms with Crippen molar-refractivity contribution in [2.45, 2.75) is 33.0 Å². The van der Waals surface area contributed by atoms with Gasteiger partial charge in [0, 0.05) is 19.4 Å². The minimum Gasteiger partial charge on any atom is -0.389 e. The maximum Gasteiger partial charge on any atom is 0.140 e. The second-order valence-corrected chi connectivity index (χ2v) is 4.65. The predicted molar refractivity (Wildman–Crippen MR) is 53.6 cm³/mol. The zero-order chi connectivity index (χ0) is 10.9. The summed E-state index contributed by atoms with van der Waals surface area (Å²) in [6, 6.07) is 0. The molecule has 0 aliphatic rings. The van der Waals surface area contributed by atoms with Crippen molar-refractivity contribution >= 4 is 0 Å². The van der Waals surface area contributed by atoms with Gasteiger partial charge in [-0.2, -0.15) is 0 Å². The average molecular weight is 198 g/mol. The third kappa shape index (κ3) is 2.13. The van der Waals surface area contributed by atoms with Crippen LogP contribution >= 0.6 is 0 Å². The van der Waals surface area contributed by atoms with E-state index in [1.165, 1.54) is 0 Å². The highest BCUT2D eigenvalue weighted by atomic mass is 16.3. The molecule has 2 unspecified atom stereocenters. The normalized spacial score (nSPS) is 16.7. The van der Waals surface area contributed by atoms with Crippen molar-refractivity contribution in [1.82, 2.24) is 9.55 Å². The molecule has 0 radical (unpaired) electrons. The van der Waals surface area contributed by atoms with E-state index >= 15 is 0 Å². The highest BCUT2D eigenvalue weighted by Gasteiger charge is 2.32. The molecule has 0 amide bonds. The summed E-state index contributed by atoms with van der Waals surface area (Å²) < 4.78 is 1.71. The van der Waals surface area contributed by atoms with Crippen molar-refractivity contribution in [1.29, 1.82) is 0 Å².